The molecule has 2 amide bonds. The number of rotatable bonds is 10. The number of hydrogen-bond acceptors (Lipinski definition) is 2. The first-order valence-electron chi connectivity index (χ1n) is 14.8. The Morgan fingerprint density at radius 1 is 0.854 bits per heavy atom. The first kappa shape index (κ1) is 31.1. The summed E-state index contributed by atoms with van der Waals surface area (Å²) in [6.07, 6.45) is 6.75. The van der Waals surface area contributed by atoms with Crippen molar-refractivity contribution in [1.82, 2.24) is 10.2 Å². The SMILES string of the molecule is CC(C)(C)c1ccc(CCC(=O)N(Cc2ccc(Cl)c(Cl)c2)C(Cc2ccccc2)C(=O)NC2CCCCC2)cc1. The highest BCUT2D eigenvalue weighted by Gasteiger charge is 2.32. The van der Waals surface area contributed by atoms with Crippen LogP contribution in [-0.2, 0) is 34.4 Å². The number of halogens is 2. The van der Waals surface area contributed by atoms with E-state index in [9.17, 15) is 9.59 Å². The van der Waals surface area contributed by atoms with Crippen molar-refractivity contribution in [2.75, 3.05) is 0 Å². The fraction of sp³-hybridized carbons (Fsp3) is 0.429. The fourth-order valence-corrected chi connectivity index (χ4v) is 5.82. The van der Waals surface area contributed by atoms with E-state index in [1.807, 2.05) is 36.4 Å². The zero-order valence-corrected chi connectivity index (χ0v) is 26.0. The van der Waals surface area contributed by atoms with Crippen molar-refractivity contribution in [3.8, 4) is 0 Å². The lowest BCUT2D eigenvalue weighted by Crippen LogP contribution is -2.52. The summed E-state index contributed by atoms with van der Waals surface area (Å²) in [6.45, 7) is 6.85. The third kappa shape index (κ3) is 9.08. The van der Waals surface area contributed by atoms with E-state index in [0.717, 1.165) is 42.4 Å². The molecule has 41 heavy (non-hydrogen) atoms. The van der Waals surface area contributed by atoms with Crippen LogP contribution in [-0.4, -0.2) is 28.8 Å². The van der Waals surface area contributed by atoms with Crippen LogP contribution < -0.4 is 5.32 Å². The molecule has 1 N–H and O–H groups in total. The molecule has 0 bridgehead atoms. The molecule has 1 aliphatic carbocycles. The number of aryl methyl sites for hydroxylation is 1. The van der Waals surface area contributed by atoms with E-state index in [4.69, 9.17) is 23.2 Å². The molecule has 1 atom stereocenters. The second-order valence-electron chi connectivity index (χ2n) is 12.3. The fourth-order valence-electron chi connectivity index (χ4n) is 5.50. The van der Waals surface area contributed by atoms with Crippen LogP contribution in [0.2, 0.25) is 10.0 Å². The van der Waals surface area contributed by atoms with Crippen molar-refractivity contribution in [1.29, 1.82) is 0 Å². The Balaban J connectivity index is 1.60. The van der Waals surface area contributed by atoms with Crippen LogP contribution in [0.4, 0.5) is 0 Å². The summed E-state index contributed by atoms with van der Waals surface area (Å²) in [6, 6.07) is 23.3. The van der Waals surface area contributed by atoms with E-state index < -0.39 is 6.04 Å². The molecule has 1 unspecified atom stereocenters. The van der Waals surface area contributed by atoms with E-state index >= 15 is 0 Å². The number of hydrogen-bond donors (Lipinski definition) is 1. The minimum atomic E-state index is -0.649. The first-order chi connectivity index (χ1) is 19.6. The summed E-state index contributed by atoms with van der Waals surface area (Å²) >= 11 is 12.5. The Hall–Kier alpha value is -2.82. The Morgan fingerprint density at radius 3 is 2.15 bits per heavy atom. The molecule has 3 aromatic rings. The maximum absolute atomic E-state index is 14.0. The standard InChI is InChI=1S/C35H42Cl2N2O2/c1-35(2,3)28-18-14-25(15-19-28)17-21-33(40)39(24-27-16-20-30(36)31(37)22-27)32(23-26-10-6-4-7-11-26)34(41)38-29-12-8-5-9-13-29/h4,6-7,10-11,14-16,18-20,22,29,32H,5,8-9,12-13,17,21,23-24H2,1-3H3,(H,38,41). The summed E-state index contributed by atoms with van der Waals surface area (Å²) in [7, 11) is 0. The summed E-state index contributed by atoms with van der Waals surface area (Å²) < 4.78 is 0. The van der Waals surface area contributed by atoms with Gasteiger partial charge in [0.05, 0.1) is 10.0 Å². The molecule has 0 aromatic heterocycles. The number of carbonyl (C=O) groups excluding carboxylic acids is 2. The molecule has 0 radical (unpaired) electrons. The van der Waals surface area contributed by atoms with E-state index in [1.54, 1.807) is 17.0 Å². The molecule has 0 saturated heterocycles. The number of amides is 2. The molecule has 0 spiro atoms. The van der Waals surface area contributed by atoms with Gasteiger partial charge in [-0.25, -0.2) is 0 Å². The zero-order chi connectivity index (χ0) is 29.4. The highest BCUT2D eigenvalue weighted by Crippen LogP contribution is 2.26. The maximum atomic E-state index is 14.0. The van der Waals surface area contributed by atoms with Crippen LogP contribution >= 0.6 is 23.2 Å². The largest absolute Gasteiger partial charge is 0.352 e. The smallest absolute Gasteiger partial charge is 0.243 e. The van der Waals surface area contributed by atoms with Crippen LogP contribution in [0.15, 0.2) is 72.8 Å². The van der Waals surface area contributed by atoms with Gasteiger partial charge >= 0.3 is 0 Å². The topological polar surface area (TPSA) is 49.4 Å². The average Bonchev–Trinajstić information content (AvgIpc) is 2.96. The quantitative estimate of drug-likeness (QED) is 0.257. The lowest BCUT2D eigenvalue weighted by Gasteiger charge is -2.33. The highest BCUT2D eigenvalue weighted by molar-refractivity contribution is 6.42. The molecule has 218 valence electrons. The van der Waals surface area contributed by atoms with E-state index in [-0.39, 0.29) is 29.8 Å². The highest BCUT2D eigenvalue weighted by atomic mass is 35.5. The third-order valence-electron chi connectivity index (χ3n) is 8.01. The van der Waals surface area contributed by atoms with Crippen molar-refractivity contribution in [2.45, 2.75) is 96.2 Å². The van der Waals surface area contributed by atoms with Gasteiger partial charge in [-0.3, -0.25) is 9.59 Å². The third-order valence-corrected chi connectivity index (χ3v) is 8.75. The average molecular weight is 594 g/mol. The van der Waals surface area contributed by atoms with Gasteiger partial charge in [0, 0.05) is 25.4 Å². The second-order valence-corrected chi connectivity index (χ2v) is 13.1. The van der Waals surface area contributed by atoms with E-state index in [0.29, 0.717) is 29.3 Å². The second kappa shape index (κ2) is 14.4. The molecular weight excluding hydrogens is 551 g/mol. The number of benzene rings is 3. The molecule has 6 heteroatoms. The van der Waals surface area contributed by atoms with Crippen molar-refractivity contribution in [3.63, 3.8) is 0 Å². The van der Waals surface area contributed by atoms with Gasteiger partial charge in [-0.05, 0) is 59.1 Å². The molecule has 3 aromatic carbocycles. The van der Waals surface area contributed by atoms with Crippen LogP contribution in [0.5, 0.6) is 0 Å². The summed E-state index contributed by atoms with van der Waals surface area (Å²) in [5.41, 5.74) is 4.29. The molecular formula is C35H42Cl2N2O2. The van der Waals surface area contributed by atoms with E-state index in [2.05, 4.69) is 50.4 Å². The minimum Gasteiger partial charge on any atom is -0.352 e. The summed E-state index contributed by atoms with van der Waals surface area (Å²) in [4.78, 5) is 29.7. The summed E-state index contributed by atoms with van der Waals surface area (Å²) in [5, 5.41) is 4.19. The molecule has 1 saturated carbocycles. The number of carbonyl (C=O) groups is 2. The Morgan fingerprint density at radius 2 is 1.51 bits per heavy atom. The zero-order valence-electron chi connectivity index (χ0n) is 24.5. The predicted octanol–water partition coefficient (Wildman–Crippen LogP) is 8.31. The molecule has 4 rings (SSSR count). The van der Waals surface area contributed by atoms with Crippen molar-refractivity contribution >= 4 is 35.0 Å². The Kier molecular flexibility index (Phi) is 10.9. The van der Waals surface area contributed by atoms with Gasteiger partial charge in [-0.2, -0.15) is 0 Å². The normalized spacial score (nSPS) is 14.9. The van der Waals surface area contributed by atoms with Crippen molar-refractivity contribution < 1.29 is 9.59 Å². The summed E-state index contributed by atoms with van der Waals surface area (Å²) in [5.74, 6) is -0.153. The van der Waals surface area contributed by atoms with Crippen LogP contribution in [0.3, 0.4) is 0 Å². The van der Waals surface area contributed by atoms with Crippen molar-refractivity contribution in [3.05, 3.63) is 105 Å². The van der Waals surface area contributed by atoms with Gasteiger partial charge in [0.1, 0.15) is 6.04 Å². The molecule has 1 aliphatic rings. The number of nitrogens with one attached hydrogen (secondary N) is 1. The van der Waals surface area contributed by atoms with Gasteiger partial charge in [-0.15, -0.1) is 0 Å². The Bertz CT molecular complexity index is 1300. The lowest BCUT2D eigenvalue weighted by atomic mass is 9.86. The maximum Gasteiger partial charge on any atom is 0.243 e. The molecule has 1 fully saturated rings. The lowest BCUT2D eigenvalue weighted by molar-refractivity contribution is -0.141. The first-order valence-corrected chi connectivity index (χ1v) is 15.5. The monoisotopic (exact) mass is 592 g/mol. The van der Waals surface area contributed by atoms with Crippen molar-refractivity contribution in [2.24, 2.45) is 0 Å². The van der Waals surface area contributed by atoms with Gasteiger partial charge in [0.2, 0.25) is 11.8 Å². The predicted molar refractivity (Wildman–Crippen MR) is 169 cm³/mol. The van der Waals surface area contributed by atoms with Gasteiger partial charge in [-0.1, -0.05) is 124 Å². The minimum absolute atomic E-state index is 0.0595. The van der Waals surface area contributed by atoms with Crippen LogP contribution in [0.1, 0.15) is 81.5 Å². The molecule has 0 heterocycles. The van der Waals surface area contributed by atoms with Gasteiger partial charge in [0.25, 0.3) is 0 Å². The Labute approximate surface area is 255 Å². The van der Waals surface area contributed by atoms with E-state index in [1.165, 1.54) is 12.0 Å². The van der Waals surface area contributed by atoms with Gasteiger partial charge in [0.15, 0.2) is 0 Å². The van der Waals surface area contributed by atoms with Gasteiger partial charge < -0.3 is 10.2 Å². The molecule has 0 aliphatic heterocycles. The van der Waals surface area contributed by atoms with Crippen LogP contribution in [0.25, 0.3) is 0 Å². The van der Waals surface area contributed by atoms with Crippen LogP contribution in [0, 0.1) is 0 Å². The number of nitrogens with zero attached hydrogens (tertiary/aromatic N) is 1. The molecule has 4 nitrogen and oxygen atoms in total.